The smallest absolute Gasteiger partial charge is 0.166 e. The normalized spacial score (nSPS) is 28.8. The fourth-order valence-electron chi connectivity index (χ4n) is 3.42. The number of aliphatic hydroxyl groups is 4. The summed E-state index contributed by atoms with van der Waals surface area (Å²) in [6.45, 7) is 0.366. The molecule has 0 unspecified atom stereocenters. The molecule has 2 aromatic rings. The lowest BCUT2D eigenvalue weighted by atomic mass is 9.96. The van der Waals surface area contributed by atoms with E-state index < -0.39 is 30.0 Å². The fraction of sp³-hybridized carbons (Fsp3) is 0.381. The second kappa shape index (κ2) is 9.62. The van der Waals surface area contributed by atoms with Crippen molar-refractivity contribution in [3.8, 4) is 0 Å². The van der Waals surface area contributed by atoms with Crippen LogP contribution in [0.4, 0.5) is 0 Å². The average Bonchev–Trinajstić information content (AvgIpc) is 2.89. The predicted octanol–water partition coefficient (Wildman–Crippen LogP) is 0.0635. The van der Waals surface area contributed by atoms with Gasteiger partial charge >= 0.3 is 0 Å². The predicted molar refractivity (Wildman–Crippen MR) is 112 cm³/mol. The number of thiocarbonyl (C=S) groups is 1. The van der Waals surface area contributed by atoms with Crippen molar-refractivity contribution in [2.75, 3.05) is 6.61 Å². The molecule has 8 heteroatoms. The highest BCUT2D eigenvalue weighted by Crippen LogP contribution is 2.32. The zero-order valence-corrected chi connectivity index (χ0v) is 16.6. The summed E-state index contributed by atoms with van der Waals surface area (Å²) in [6, 6.07) is 17.8. The minimum atomic E-state index is -1.92. The highest BCUT2D eigenvalue weighted by molar-refractivity contribution is 7.80. The van der Waals surface area contributed by atoms with E-state index in [1.807, 2.05) is 60.7 Å². The van der Waals surface area contributed by atoms with E-state index in [1.165, 1.54) is 0 Å². The number of nitrogens with one attached hydrogen (secondary N) is 2. The van der Waals surface area contributed by atoms with E-state index >= 15 is 0 Å². The second-order valence-corrected chi connectivity index (χ2v) is 7.59. The number of hydrogen-bond acceptors (Lipinski definition) is 6. The Balaban J connectivity index is 1.61. The molecule has 2 aromatic carbocycles. The second-order valence-electron chi connectivity index (χ2n) is 7.19. The van der Waals surface area contributed by atoms with Gasteiger partial charge in [0.05, 0.1) is 19.3 Å². The molecule has 29 heavy (non-hydrogen) atoms. The Morgan fingerprint density at radius 1 is 0.931 bits per heavy atom. The van der Waals surface area contributed by atoms with Gasteiger partial charge in [-0.1, -0.05) is 60.7 Å². The first kappa shape index (κ1) is 21.6. The molecule has 0 aromatic heterocycles. The molecular formula is C21H26N2O5S. The maximum atomic E-state index is 11.0. The lowest BCUT2D eigenvalue weighted by Crippen LogP contribution is -2.60. The minimum absolute atomic E-state index is 0.181. The number of ether oxygens (including phenoxy) is 1. The molecule has 0 heterocycles. The number of aliphatic hydroxyl groups excluding tert-OH is 3. The van der Waals surface area contributed by atoms with E-state index in [-0.39, 0.29) is 18.3 Å². The van der Waals surface area contributed by atoms with Gasteiger partial charge in [0, 0.05) is 6.54 Å². The molecule has 1 fully saturated rings. The highest BCUT2D eigenvalue weighted by Gasteiger charge is 2.59. The van der Waals surface area contributed by atoms with Crippen LogP contribution in [-0.2, 0) is 17.9 Å². The van der Waals surface area contributed by atoms with Crippen LogP contribution in [0, 0.1) is 0 Å². The summed E-state index contributed by atoms with van der Waals surface area (Å²) < 4.78 is 5.58. The number of hydrogen-bond donors (Lipinski definition) is 6. The Bertz CT molecular complexity index is 794. The summed E-state index contributed by atoms with van der Waals surface area (Å²) in [4.78, 5) is 0. The highest BCUT2D eigenvalue weighted by atomic mass is 32.1. The fourth-order valence-corrected chi connectivity index (χ4v) is 3.62. The Hall–Kier alpha value is -2.07. The summed E-state index contributed by atoms with van der Waals surface area (Å²) in [5.74, 6) is 0. The Kier molecular flexibility index (Phi) is 7.18. The van der Waals surface area contributed by atoms with Crippen LogP contribution in [0.3, 0.4) is 0 Å². The molecule has 0 amide bonds. The van der Waals surface area contributed by atoms with E-state index in [2.05, 4.69) is 10.6 Å². The molecule has 156 valence electrons. The van der Waals surface area contributed by atoms with Gasteiger partial charge in [0.25, 0.3) is 0 Å². The molecule has 0 aliphatic heterocycles. The summed E-state index contributed by atoms with van der Waals surface area (Å²) >= 11 is 5.26. The molecule has 6 N–H and O–H groups in total. The first-order valence-electron chi connectivity index (χ1n) is 9.38. The summed E-state index contributed by atoms with van der Waals surface area (Å²) in [5.41, 5.74) is -0.0223. The molecule has 0 saturated heterocycles. The zero-order chi connectivity index (χ0) is 20.9. The largest absolute Gasteiger partial charge is 0.388 e. The number of rotatable bonds is 7. The molecule has 3 rings (SSSR count). The number of benzene rings is 2. The quantitative estimate of drug-likeness (QED) is 0.350. The van der Waals surface area contributed by atoms with Gasteiger partial charge in [-0.05, 0) is 23.3 Å². The Labute approximate surface area is 175 Å². The standard InChI is InChI=1S/C21H26N2O5S/c24-16-17(25)19(26)21(27,13-28-12-15-9-5-2-6-10-15)18(16)23-20(29)22-11-14-7-3-1-4-8-14/h1-10,16-19,24-27H,11-13H2,(H2,22,23,29)/t16-,17+,18-,19+,21+/m1/s1. The lowest BCUT2D eigenvalue weighted by Gasteiger charge is -2.34. The van der Waals surface area contributed by atoms with Crippen molar-refractivity contribution in [1.82, 2.24) is 10.6 Å². The van der Waals surface area contributed by atoms with Crippen LogP contribution in [0.2, 0.25) is 0 Å². The average molecular weight is 419 g/mol. The Morgan fingerprint density at radius 3 is 2.14 bits per heavy atom. The van der Waals surface area contributed by atoms with Crippen LogP contribution in [0.5, 0.6) is 0 Å². The maximum absolute atomic E-state index is 11.0. The monoisotopic (exact) mass is 418 g/mol. The van der Waals surface area contributed by atoms with Crippen molar-refractivity contribution in [2.24, 2.45) is 0 Å². The van der Waals surface area contributed by atoms with E-state index in [1.54, 1.807) is 0 Å². The van der Waals surface area contributed by atoms with Crippen molar-refractivity contribution in [3.63, 3.8) is 0 Å². The van der Waals surface area contributed by atoms with Gasteiger partial charge in [-0.2, -0.15) is 0 Å². The molecule has 1 aliphatic rings. The van der Waals surface area contributed by atoms with Gasteiger partial charge < -0.3 is 35.8 Å². The van der Waals surface area contributed by atoms with Crippen molar-refractivity contribution in [2.45, 2.75) is 43.1 Å². The minimum Gasteiger partial charge on any atom is -0.388 e. The summed E-state index contributed by atoms with van der Waals surface area (Å²) in [7, 11) is 0. The van der Waals surface area contributed by atoms with Gasteiger partial charge in [0.15, 0.2) is 5.11 Å². The SMILES string of the molecule is O[C@@H]1[C@H](O)[C@H](O)[C@](O)(COCc2ccccc2)[C@@H]1NC(=S)NCc1ccccc1. The van der Waals surface area contributed by atoms with Crippen LogP contribution in [0.25, 0.3) is 0 Å². The molecule has 0 spiro atoms. The molecule has 1 aliphatic carbocycles. The van der Waals surface area contributed by atoms with E-state index in [4.69, 9.17) is 17.0 Å². The molecule has 1 saturated carbocycles. The molecule has 0 bridgehead atoms. The van der Waals surface area contributed by atoms with Crippen LogP contribution < -0.4 is 10.6 Å². The van der Waals surface area contributed by atoms with Gasteiger partial charge in [-0.3, -0.25) is 0 Å². The van der Waals surface area contributed by atoms with Crippen LogP contribution in [-0.4, -0.2) is 62.1 Å². The summed E-state index contributed by atoms with van der Waals surface area (Å²) in [6.07, 6.45) is -4.55. The summed E-state index contributed by atoms with van der Waals surface area (Å²) in [5, 5.41) is 47.8. The van der Waals surface area contributed by atoms with Gasteiger partial charge in [0.1, 0.15) is 23.9 Å². The third-order valence-corrected chi connectivity index (χ3v) is 5.36. The lowest BCUT2D eigenvalue weighted by molar-refractivity contribution is -0.134. The molecule has 0 radical (unpaired) electrons. The zero-order valence-electron chi connectivity index (χ0n) is 15.8. The van der Waals surface area contributed by atoms with Crippen molar-refractivity contribution in [3.05, 3.63) is 71.8 Å². The third-order valence-electron chi connectivity index (χ3n) is 5.09. The topological polar surface area (TPSA) is 114 Å². The van der Waals surface area contributed by atoms with Crippen molar-refractivity contribution < 1.29 is 25.2 Å². The van der Waals surface area contributed by atoms with Gasteiger partial charge in [-0.25, -0.2) is 0 Å². The molecular weight excluding hydrogens is 392 g/mol. The van der Waals surface area contributed by atoms with Crippen molar-refractivity contribution in [1.29, 1.82) is 0 Å². The first-order valence-corrected chi connectivity index (χ1v) is 9.79. The van der Waals surface area contributed by atoms with Crippen LogP contribution in [0.1, 0.15) is 11.1 Å². The third kappa shape index (κ3) is 5.11. The van der Waals surface area contributed by atoms with Gasteiger partial charge in [0.2, 0.25) is 0 Å². The maximum Gasteiger partial charge on any atom is 0.166 e. The van der Waals surface area contributed by atoms with E-state index in [0.717, 1.165) is 11.1 Å². The van der Waals surface area contributed by atoms with Crippen LogP contribution in [0.15, 0.2) is 60.7 Å². The van der Waals surface area contributed by atoms with Crippen molar-refractivity contribution >= 4 is 17.3 Å². The van der Waals surface area contributed by atoms with E-state index in [9.17, 15) is 20.4 Å². The Morgan fingerprint density at radius 2 is 1.52 bits per heavy atom. The molecule has 5 atom stereocenters. The first-order chi connectivity index (χ1) is 13.9. The van der Waals surface area contributed by atoms with Gasteiger partial charge in [-0.15, -0.1) is 0 Å². The van der Waals surface area contributed by atoms with E-state index in [0.29, 0.717) is 6.54 Å². The van der Waals surface area contributed by atoms with Crippen LogP contribution >= 0.6 is 12.2 Å². The molecule has 7 nitrogen and oxygen atoms in total.